The normalized spacial score (nSPS) is 11.9. The SMILES string of the molecule is FC(F)c1ccc(CBr)cc1OC(F)(F)F. The molecule has 0 saturated carbocycles. The molecule has 0 aliphatic rings. The lowest BCUT2D eigenvalue weighted by molar-refractivity contribution is -0.275. The van der Waals surface area contributed by atoms with E-state index in [-0.39, 0.29) is 5.33 Å². The van der Waals surface area contributed by atoms with E-state index in [0.717, 1.165) is 12.1 Å². The van der Waals surface area contributed by atoms with Crippen molar-refractivity contribution in [1.29, 1.82) is 0 Å². The molecule has 0 spiro atoms. The summed E-state index contributed by atoms with van der Waals surface area (Å²) < 4.78 is 64.1. The molecule has 1 nitrogen and oxygen atoms in total. The summed E-state index contributed by atoms with van der Waals surface area (Å²) in [5, 5.41) is 0.255. The number of benzene rings is 1. The Kier molecular flexibility index (Phi) is 4.12. The fourth-order valence-electron chi connectivity index (χ4n) is 1.06. The zero-order chi connectivity index (χ0) is 12.3. The average Bonchev–Trinajstić information content (AvgIpc) is 2.14. The van der Waals surface area contributed by atoms with Crippen LogP contribution in [-0.2, 0) is 5.33 Å². The van der Waals surface area contributed by atoms with Crippen LogP contribution in [0.3, 0.4) is 0 Å². The molecule has 0 aliphatic heterocycles. The minimum Gasteiger partial charge on any atom is -0.405 e. The van der Waals surface area contributed by atoms with Crippen LogP contribution in [0.15, 0.2) is 18.2 Å². The minimum atomic E-state index is -4.98. The van der Waals surface area contributed by atoms with Crippen LogP contribution in [0.4, 0.5) is 22.0 Å². The standard InChI is InChI=1S/C9H6BrF5O/c10-4-5-1-2-6(8(11)12)7(3-5)16-9(13,14)15/h1-3,8H,4H2. The third kappa shape index (κ3) is 3.62. The van der Waals surface area contributed by atoms with Crippen LogP contribution in [0.1, 0.15) is 17.6 Å². The first-order chi connectivity index (χ1) is 7.33. The summed E-state index contributed by atoms with van der Waals surface area (Å²) in [6, 6.07) is 3.16. The van der Waals surface area contributed by atoms with Gasteiger partial charge in [-0.1, -0.05) is 22.0 Å². The molecule has 0 saturated heterocycles. The van der Waals surface area contributed by atoms with Gasteiger partial charge in [-0.25, -0.2) is 8.78 Å². The lowest BCUT2D eigenvalue weighted by atomic mass is 10.1. The molecule has 90 valence electrons. The molecule has 0 aliphatic carbocycles. The highest BCUT2D eigenvalue weighted by molar-refractivity contribution is 9.08. The second-order valence-electron chi connectivity index (χ2n) is 2.85. The maximum absolute atomic E-state index is 12.4. The van der Waals surface area contributed by atoms with Crippen LogP contribution >= 0.6 is 15.9 Å². The molecular formula is C9H6BrF5O. The quantitative estimate of drug-likeness (QED) is 0.593. The summed E-state index contributed by atoms with van der Waals surface area (Å²) in [4.78, 5) is 0. The van der Waals surface area contributed by atoms with Gasteiger partial charge in [0, 0.05) is 5.33 Å². The van der Waals surface area contributed by atoms with E-state index >= 15 is 0 Å². The molecule has 0 unspecified atom stereocenters. The van der Waals surface area contributed by atoms with E-state index in [4.69, 9.17) is 0 Å². The molecule has 16 heavy (non-hydrogen) atoms. The highest BCUT2D eigenvalue weighted by Crippen LogP contribution is 2.34. The summed E-state index contributed by atoms with van der Waals surface area (Å²) in [5.41, 5.74) is -0.356. The summed E-state index contributed by atoms with van der Waals surface area (Å²) in [5.74, 6) is -0.862. The fraction of sp³-hybridized carbons (Fsp3) is 0.333. The second kappa shape index (κ2) is 4.99. The van der Waals surface area contributed by atoms with Crippen LogP contribution in [0, 0.1) is 0 Å². The molecule has 0 aromatic heterocycles. The number of ether oxygens (including phenoxy) is 1. The predicted octanol–water partition coefficient (Wildman–Crippen LogP) is 4.42. The molecular weight excluding hydrogens is 299 g/mol. The largest absolute Gasteiger partial charge is 0.573 e. The lowest BCUT2D eigenvalue weighted by Crippen LogP contribution is -2.18. The Morgan fingerprint density at radius 3 is 2.31 bits per heavy atom. The Bertz CT molecular complexity index is 363. The van der Waals surface area contributed by atoms with Crippen molar-refractivity contribution in [3.05, 3.63) is 29.3 Å². The van der Waals surface area contributed by atoms with Crippen LogP contribution < -0.4 is 4.74 Å². The van der Waals surface area contributed by atoms with Crippen LogP contribution in [0.5, 0.6) is 5.75 Å². The van der Waals surface area contributed by atoms with E-state index in [2.05, 4.69) is 20.7 Å². The van der Waals surface area contributed by atoms with Crippen molar-refractivity contribution in [3.8, 4) is 5.75 Å². The van der Waals surface area contributed by atoms with Gasteiger partial charge in [-0.15, -0.1) is 13.2 Å². The zero-order valence-electron chi connectivity index (χ0n) is 7.69. The van der Waals surface area contributed by atoms with Gasteiger partial charge < -0.3 is 4.74 Å². The van der Waals surface area contributed by atoms with E-state index in [9.17, 15) is 22.0 Å². The molecule has 0 fully saturated rings. The van der Waals surface area contributed by atoms with Crippen LogP contribution in [0.2, 0.25) is 0 Å². The Morgan fingerprint density at radius 1 is 1.25 bits per heavy atom. The molecule has 7 heteroatoms. The van der Waals surface area contributed by atoms with Gasteiger partial charge >= 0.3 is 6.36 Å². The summed E-state index contributed by atoms with van der Waals surface area (Å²) in [7, 11) is 0. The third-order valence-electron chi connectivity index (χ3n) is 1.69. The Labute approximate surface area is 96.3 Å². The summed E-state index contributed by atoms with van der Waals surface area (Å²) >= 11 is 3.01. The van der Waals surface area contributed by atoms with Gasteiger partial charge in [0.15, 0.2) is 0 Å². The number of alkyl halides is 6. The second-order valence-corrected chi connectivity index (χ2v) is 3.42. The Morgan fingerprint density at radius 2 is 1.88 bits per heavy atom. The molecule has 1 aromatic carbocycles. The van der Waals surface area contributed by atoms with Crippen molar-refractivity contribution in [3.63, 3.8) is 0 Å². The first-order valence-electron chi connectivity index (χ1n) is 4.06. The number of hydrogen-bond donors (Lipinski definition) is 0. The number of rotatable bonds is 3. The van der Waals surface area contributed by atoms with E-state index in [1.807, 2.05) is 0 Å². The monoisotopic (exact) mass is 304 g/mol. The number of hydrogen-bond acceptors (Lipinski definition) is 1. The van der Waals surface area contributed by atoms with Crippen molar-refractivity contribution in [2.75, 3.05) is 0 Å². The van der Waals surface area contributed by atoms with E-state index in [0.29, 0.717) is 5.56 Å². The first kappa shape index (κ1) is 13.2. The average molecular weight is 305 g/mol. The molecule has 0 amide bonds. The Balaban J connectivity index is 3.10. The first-order valence-corrected chi connectivity index (χ1v) is 5.18. The molecule has 1 aromatic rings. The van der Waals surface area contributed by atoms with E-state index < -0.39 is 24.1 Å². The van der Waals surface area contributed by atoms with Gasteiger partial charge in [-0.3, -0.25) is 0 Å². The van der Waals surface area contributed by atoms with Crippen LogP contribution in [-0.4, -0.2) is 6.36 Å². The van der Waals surface area contributed by atoms with Crippen molar-refractivity contribution in [2.24, 2.45) is 0 Å². The van der Waals surface area contributed by atoms with Crippen LogP contribution in [0.25, 0.3) is 0 Å². The lowest BCUT2D eigenvalue weighted by Gasteiger charge is -2.13. The van der Waals surface area contributed by atoms with Gasteiger partial charge in [0.1, 0.15) is 5.75 Å². The maximum Gasteiger partial charge on any atom is 0.573 e. The van der Waals surface area contributed by atoms with Gasteiger partial charge in [0.2, 0.25) is 0 Å². The van der Waals surface area contributed by atoms with Crippen molar-refractivity contribution in [2.45, 2.75) is 18.1 Å². The zero-order valence-corrected chi connectivity index (χ0v) is 9.28. The van der Waals surface area contributed by atoms with Gasteiger partial charge in [-0.2, -0.15) is 0 Å². The molecule has 0 heterocycles. The van der Waals surface area contributed by atoms with E-state index in [1.54, 1.807) is 0 Å². The number of halogens is 6. The molecule has 0 atom stereocenters. The topological polar surface area (TPSA) is 9.23 Å². The molecule has 0 radical (unpaired) electrons. The molecule has 0 bridgehead atoms. The molecule has 0 N–H and O–H groups in total. The Hall–Kier alpha value is -0.850. The minimum absolute atomic E-state index is 0.255. The van der Waals surface area contributed by atoms with Crippen molar-refractivity contribution >= 4 is 15.9 Å². The predicted molar refractivity (Wildman–Crippen MR) is 50.7 cm³/mol. The maximum atomic E-state index is 12.4. The molecule has 1 rings (SSSR count). The highest BCUT2D eigenvalue weighted by Gasteiger charge is 2.33. The third-order valence-corrected chi connectivity index (χ3v) is 2.34. The smallest absolute Gasteiger partial charge is 0.405 e. The van der Waals surface area contributed by atoms with Gasteiger partial charge in [0.25, 0.3) is 6.43 Å². The van der Waals surface area contributed by atoms with Crippen molar-refractivity contribution in [1.82, 2.24) is 0 Å². The fourth-order valence-corrected chi connectivity index (χ4v) is 1.40. The van der Waals surface area contributed by atoms with Gasteiger partial charge in [-0.05, 0) is 17.7 Å². The highest BCUT2D eigenvalue weighted by atomic mass is 79.9. The summed E-state index contributed by atoms with van der Waals surface area (Å²) in [6.07, 6.45) is -7.99. The van der Waals surface area contributed by atoms with Gasteiger partial charge in [0.05, 0.1) is 5.56 Å². The summed E-state index contributed by atoms with van der Waals surface area (Å²) in [6.45, 7) is 0. The van der Waals surface area contributed by atoms with Crippen molar-refractivity contribution < 1.29 is 26.7 Å². The van der Waals surface area contributed by atoms with E-state index in [1.165, 1.54) is 6.07 Å².